The Labute approximate surface area is 196 Å². The van der Waals surface area contributed by atoms with Crippen LogP contribution in [-0.2, 0) is 0 Å². The molecule has 1 atom stereocenters. The minimum Gasteiger partial charge on any atom is -0.391 e. The summed E-state index contributed by atoms with van der Waals surface area (Å²) < 4.78 is 13.5. The summed E-state index contributed by atoms with van der Waals surface area (Å²) in [6.45, 7) is 1.38. The largest absolute Gasteiger partial charge is 0.391 e. The third-order valence-corrected chi connectivity index (χ3v) is 6.32. The molecule has 4 aromatic rings. The van der Waals surface area contributed by atoms with E-state index in [-0.39, 0.29) is 6.10 Å². The lowest BCUT2D eigenvalue weighted by Crippen LogP contribution is -2.39. The Morgan fingerprint density at radius 1 is 1.03 bits per heavy atom. The molecule has 2 N–H and O–H groups in total. The van der Waals surface area contributed by atoms with Gasteiger partial charge >= 0.3 is 0 Å². The van der Waals surface area contributed by atoms with Crippen LogP contribution in [0.15, 0.2) is 48.9 Å². The van der Waals surface area contributed by atoms with Crippen LogP contribution >= 0.6 is 0 Å². The molecule has 2 aliphatic rings. The van der Waals surface area contributed by atoms with Gasteiger partial charge in [-0.2, -0.15) is 4.39 Å². The van der Waals surface area contributed by atoms with Crippen LogP contribution in [0.4, 0.5) is 21.8 Å². The fraction of sp³-hybridized carbons (Fsp3) is 0.320. The van der Waals surface area contributed by atoms with E-state index in [1.165, 1.54) is 11.6 Å². The van der Waals surface area contributed by atoms with E-state index in [1.807, 2.05) is 18.3 Å². The maximum absolute atomic E-state index is 13.5. The number of nitrogens with zero attached hydrogens (tertiary/aromatic N) is 6. The van der Waals surface area contributed by atoms with Crippen LogP contribution in [0.25, 0.3) is 22.3 Å². The third-order valence-electron chi connectivity index (χ3n) is 6.32. The van der Waals surface area contributed by atoms with Crippen molar-refractivity contribution in [1.29, 1.82) is 0 Å². The van der Waals surface area contributed by atoms with Crippen molar-refractivity contribution in [2.75, 3.05) is 23.3 Å². The van der Waals surface area contributed by atoms with Gasteiger partial charge < -0.3 is 15.3 Å². The number of hydrogen-bond acceptors (Lipinski definition) is 8. The predicted molar refractivity (Wildman–Crippen MR) is 127 cm³/mol. The van der Waals surface area contributed by atoms with Gasteiger partial charge in [-0.15, -0.1) is 0 Å². The van der Waals surface area contributed by atoms with Crippen molar-refractivity contribution in [1.82, 2.24) is 24.9 Å². The molecule has 2 fully saturated rings. The Bertz CT molecular complexity index is 1360. The Kier molecular flexibility index (Phi) is 5.26. The van der Waals surface area contributed by atoms with Crippen molar-refractivity contribution in [2.45, 2.75) is 37.7 Å². The molecule has 0 radical (unpaired) electrons. The second kappa shape index (κ2) is 8.57. The zero-order chi connectivity index (χ0) is 23.1. The maximum Gasteiger partial charge on any atom is 0.214 e. The summed E-state index contributed by atoms with van der Waals surface area (Å²) in [5, 5.41) is 14.4. The normalized spacial score (nSPS) is 18.3. The molecule has 9 heteroatoms. The lowest BCUT2D eigenvalue weighted by Gasteiger charge is -2.32. The van der Waals surface area contributed by atoms with E-state index < -0.39 is 5.95 Å². The number of fused-ring (bicyclic) bond motifs is 1. The first kappa shape index (κ1) is 20.9. The molecular formula is C25H24FN7O. The van der Waals surface area contributed by atoms with E-state index in [9.17, 15) is 9.50 Å². The van der Waals surface area contributed by atoms with E-state index in [1.54, 1.807) is 24.5 Å². The molecule has 1 unspecified atom stereocenters. The minimum absolute atomic E-state index is 0.366. The summed E-state index contributed by atoms with van der Waals surface area (Å²) in [7, 11) is 0. The number of nitrogens with one attached hydrogen (secondary N) is 1. The number of halogens is 1. The molecule has 4 aromatic heterocycles. The van der Waals surface area contributed by atoms with E-state index in [0.717, 1.165) is 54.5 Å². The molecule has 0 spiro atoms. The topological polar surface area (TPSA) is 100.0 Å². The van der Waals surface area contributed by atoms with Crippen molar-refractivity contribution in [3.8, 4) is 11.4 Å². The number of aromatic nitrogens is 5. The van der Waals surface area contributed by atoms with Gasteiger partial charge in [-0.3, -0.25) is 4.98 Å². The number of aliphatic hydroxyl groups is 1. The number of piperidine rings is 1. The van der Waals surface area contributed by atoms with E-state index in [4.69, 9.17) is 9.97 Å². The van der Waals surface area contributed by atoms with Crippen LogP contribution in [0.5, 0.6) is 0 Å². The molecule has 1 saturated heterocycles. The van der Waals surface area contributed by atoms with E-state index in [0.29, 0.717) is 29.9 Å². The Morgan fingerprint density at radius 3 is 2.76 bits per heavy atom. The minimum atomic E-state index is -0.564. The van der Waals surface area contributed by atoms with Gasteiger partial charge in [0.2, 0.25) is 5.95 Å². The second-order valence-electron chi connectivity index (χ2n) is 8.91. The number of β-amino-alcohol motifs (C(OH)–C–C–N with tert-alkyl or cyclic N) is 1. The van der Waals surface area contributed by atoms with Crippen LogP contribution in [0.1, 0.15) is 37.2 Å². The fourth-order valence-electron chi connectivity index (χ4n) is 4.54. The van der Waals surface area contributed by atoms with Crippen LogP contribution in [0.3, 0.4) is 0 Å². The highest BCUT2D eigenvalue weighted by molar-refractivity contribution is 5.94. The van der Waals surface area contributed by atoms with E-state index >= 15 is 0 Å². The molecule has 1 aliphatic heterocycles. The summed E-state index contributed by atoms with van der Waals surface area (Å²) in [4.78, 5) is 24.7. The van der Waals surface area contributed by atoms with Crippen LogP contribution < -0.4 is 10.2 Å². The quantitative estimate of drug-likeness (QED) is 0.430. The molecular weight excluding hydrogens is 433 g/mol. The molecule has 0 bridgehead atoms. The van der Waals surface area contributed by atoms with Gasteiger partial charge in [-0.1, -0.05) is 6.07 Å². The fourth-order valence-corrected chi connectivity index (χ4v) is 4.54. The molecule has 0 amide bonds. The van der Waals surface area contributed by atoms with Gasteiger partial charge in [0.25, 0.3) is 0 Å². The third kappa shape index (κ3) is 4.14. The van der Waals surface area contributed by atoms with Crippen LogP contribution in [-0.4, -0.2) is 49.2 Å². The highest BCUT2D eigenvalue weighted by atomic mass is 19.1. The molecule has 8 nitrogen and oxygen atoms in total. The standard InChI is InChI=1S/C25H24FN7O/c26-20-4-1-5-21(30-20)31-22-11-16(8-9-28-22)24-29-19-13-27-12-18(15-6-7-15)23(19)25(32-24)33-10-2-3-17(34)14-33/h1,4-5,8-9,11-13,15,17,34H,2-3,6-7,10,14H2,(H,28,30,31). The average molecular weight is 458 g/mol. The Morgan fingerprint density at radius 2 is 1.94 bits per heavy atom. The smallest absolute Gasteiger partial charge is 0.214 e. The summed E-state index contributed by atoms with van der Waals surface area (Å²) >= 11 is 0. The van der Waals surface area contributed by atoms with Crippen molar-refractivity contribution >= 4 is 28.4 Å². The van der Waals surface area contributed by atoms with Crippen molar-refractivity contribution in [3.05, 3.63) is 60.4 Å². The van der Waals surface area contributed by atoms with Gasteiger partial charge in [-0.25, -0.2) is 19.9 Å². The van der Waals surface area contributed by atoms with Crippen LogP contribution in [0.2, 0.25) is 0 Å². The molecule has 1 aliphatic carbocycles. The highest BCUT2D eigenvalue weighted by Crippen LogP contribution is 2.45. The molecule has 5 heterocycles. The zero-order valence-corrected chi connectivity index (χ0v) is 18.5. The summed E-state index contributed by atoms with van der Waals surface area (Å²) in [5.41, 5.74) is 2.75. The Balaban J connectivity index is 1.44. The molecule has 6 rings (SSSR count). The van der Waals surface area contributed by atoms with Crippen molar-refractivity contribution < 1.29 is 9.50 Å². The van der Waals surface area contributed by atoms with Gasteiger partial charge in [0, 0.05) is 36.4 Å². The van der Waals surface area contributed by atoms with Crippen molar-refractivity contribution in [3.63, 3.8) is 0 Å². The van der Waals surface area contributed by atoms with Gasteiger partial charge in [0.05, 0.1) is 17.8 Å². The Hall–Kier alpha value is -3.72. The van der Waals surface area contributed by atoms with Crippen LogP contribution in [0, 0.1) is 5.95 Å². The molecule has 0 aromatic carbocycles. The number of pyridine rings is 3. The van der Waals surface area contributed by atoms with Gasteiger partial charge in [0.1, 0.15) is 17.5 Å². The molecule has 172 valence electrons. The maximum atomic E-state index is 13.5. The number of aliphatic hydroxyl groups excluding tert-OH is 1. The average Bonchev–Trinajstić information content (AvgIpc) is 3.69. The van der Waals surface area contributed by atoms with Crippen molar-refractivity contribution in [2.24, 2.45) is 0 Å². The zero-order valence-electron chi connectivity index (χ0n) is 18.5. The summed E-state index contributed by atoms with van der Waals surface area (Å²) in [5.74, 6) is 2.21. The number of rotatable bonds is 5. The van der Waals surface area contributed by atoms with Gasteiger partial charge in [0.15, 0.2) is 5.82 Å². The first-order chi connectivity index (χ1) is 16.6. The van der Waals surface area contributed by atoms with E-state index in [2.05, 4.69) is 25.2 Å². The molecule has 34 heavy (non-hydrogen) atoms. The summed E-state index contributed by atoms with van der Waals surface area (Å²) in [6.07, 6.45) is 9.03. The SMILES string of the molecule is OC1CCCN(c2nc(-c3ccnc(Nc4cccc(F)n4)c3)nc3cncc(C4CC4)c23)C1. The van der Waals surface area contributed by atoms with Gasteiger partial charge in [-0.05, 0) is 61.4 Å². The first-order valence-corrected chi connectivity index (χ1v) is 11.6. The predicted octanol–water partition coefficient (Wildman–Crippen LogP) is 4.20. The monoisotopic (exact) mass is 457 g/mol. The lowest BCUT2D eigenvalue weighted by molar-refractivity contribution is 0.154. The number of anilines is 3. The second-order valence-corrected chi connectivity index (χ2v) is 8.91. The highest BCUT2D eigenvalue weighted by Gasteiger charge is 2.30. The lowest BCUT2D eigenvalue weighted by atomic mass is 10.0. The number of hydrogen-bond donors (Lipinski definition) is 2. The first-order valence-electron chi connectivity index (χ1n) is 11.6. The molecule has 1 saturated carbocycles. The summed E-state index contributed by atoms with van der Waals surface area (Å²) in [6, 6.07) is 8.22.